The molecule has 1 saturated carbocycles. The molecule has 0 radical (unpaired) electrons. The van der Waals surface area contributed by atoms with E-state index in [9.17, 15) is 14.4 Å². The third kappa shape index (κ3) is 6.90. The number of piperidine rings is 1. The summed E-state index contributed by atoms with van der Waals surface area (Å²) in [6, 6.07) is 12.8. The fraction of sp³-hybridized carbons (Fsp3) is 0.531. The maximum Gasteiger partial charge on any atom is 0.308 e. The molecule has 1 aliphatic heterocycles. The second-order valence-electron chi connectivity index (χ2n) is 12.0. The number of carbonyl (C=O) groups is 3. The number of halogens is 2. The number of amides is 1. The molecule has 2 aliphatic rings. The lowest BCUT2D eigenvalue weighted by Crippen LogP contribution is -2.68. The summed E-state index contributed by atoms with van der Waals surface area (Å²) in [5.41, 5.74) is 0.402. The molecule has 1 heterocycles. The number of ether oxygens (including phenoxy) is 2. The van der Waals surface area contributed by atoms with Crippen LogP contribution in [0.1, 0.15) is 64.5 Å². The molecule has 1 saturated heterocycles. The summed E-state index contributed by atoms with van der Waals surface area (Å²) in [6.45, 7) is 9.05. The number of hydrogen-bond acceptors (Lipinski definition) is 6. The van der Waals surface area contributed by atoms with Crippen molar-refractivity contribution in [2.45, 2.75) is 76.9 Å². The summed E-state index contributed by atoms with van der Waals surface area (Å²) in [6.07, 6.45) is 2.87. The van der Waals surface area contributed by atoms with Crippen LogP contribution in [0.2, 0.25) is 10.0 Å². The van der Waals surface area contributed by atoms with Gasteiger partial charge < -0.3 is 19.3 Å². The smallest absolute Gasteiger partial charge is 0.308 e. The fourth-order valence-electron chi connectivity index (χ4n) is 6.83. The maximum absolute atomic E-state index is 13.9. The van der Waals surface area contributed by atoms with E-state index in [0.29, 0.717) is 48.1 Å². The monoisotopic (exact) mass is 602 g/mol. The summed E-state index contributed by atoms with van der Waals surface area (Å²) in [5, 5.41) is 0.880. The molecule has 0 N–H and O–H groups in total. The molecule has 0 bridgehead atoms. The standard InChI is InChI=1S/C32H40Cl2N2O5/c1-21(2)19-36(30(39)16-24-9-10-28(33)29(34)15-24)26-11-12-32(41-23(4)38)20-35(5)14-13-31(32,18-26)25-7-6-8-27(17-25)40-22(3)37/h6-10,15,17,21,26H,11-14,16,18-20H2,1-5H3/t26-,31-,32-/m0/s1. The van der Waals surface area contributed by atoms with E-state index in [1.54, 1.807) is 18.2 Å². The molecular weight excluding hydrogens is 563 g/mol. The molecule has 222 valence electrons. The minimum Gasteiger partial charge on any atom is -0.457 e. The molecule has 4 rings (SSSR count). The second-order valence-corrected chi connectivity index (χ2v) is 12.9. The van der Waals surface area contributed by atoms with Crippen molar-refractivity contribution < 1.29 is 23.9 Å². The summed E-state index contributed by atoms with van der Waals surface area (Å²) >= 11 is 12.4. The fourth-order valence-corrected chi connectivity index (χ4v) is 7.15. The van der Waals surface area contributed by atoms with Gasteiger partial charge in [0.05, 0.1) is 16.5 Å². The summed E-state index contributed by atoms with van der Waals surface area (Å²) in [4.78, 5) is 42.5. The first-order chi connectivity index (χ1) is 19.3. The lowest BCUT2D eigenvalue weighted by molar-refractivity contribution is -0.189. The van der Waals surface area contributed by atoms with Crippen molar-refractivity contribution in [3.63, 3.8) is 0 Å². The quantitative estimate of drug-likeness (QED) is 0.269. The Balaban J connectivity index is 1.76. The largest absolute Gasteiger partial charge is 0.457 e. The predicted octanol–water partition coefficient (Wildman–Crippen LogP) is 6.07. The number of rotatable bonds is 8. The van der Waals surface area contributed by atoms with Crippen molar-refractivity contribution in [1.82, 2.24) is 9.80 Å². The average Bonchev–Trinajstić information content (AvgIpc) is 2.88. The Morgan fingerprint density at radius 3 is 2.46 bits per heavy atom. The Bertz CT molecular complexity index is 1300. The van der Waals surface area contributed by atoms with E-state index in [1.165, 1.54) is 13.8 Å². The predicted molar refractivity (Wildman–Crippen MR) is 160 cm³/mol. The number of likely N-dealkylation sites (N-methyl/N-ethyl adjacent to an activating group) is 1. The van der Waals surface area contributed by atoms with Gasteiger partial charge in [-0.05, 0) is 80.6 Å². The Morgan fingerprint density at radius 1 is 1.05 bits per heavy atom. The van der Waals surface area contributed by atoms with Crippen LogP contribution in [0.15, 0.2) is 42.5 Å². The van der Waals surface area contributed by atoms with Gasteiger partial charge in [-0.15, -0.1) is 0 Å². The summed E-state index contributed by atoms with van der Waals surface area (Å²) in [7, 11) is 2.04. The molecule has 2 aromatic rings. The zero-order chi connectivity index (χ0) is 29.9. The molecule has 0 aromatic heterocycles. The lowest BCUT2D eigenvalue weighted by Gasteiger charge is -2.60. The van der Waals surface area contributed by atoms with Gasteiger partial charge in [-0.25, -0.2) is 0 Å². The van der Waals surface area contributed by atoms with Gasteiger partial charge in [0, 0.05) is 38.4 Å². The Kier molecular flexibility index (Phi) is 9.72. The van der Waals surface area contributed by atoms with E-state index in [2.05, 4.69) is 18.7 Å². The molecule has 2 aromatic carbocycles. The van der Waals surface area contributed by atoms with Crippen molar-refractivity contribution in [3.8, 4) is 5.75 Å². The minimum absolute atomic E-state index is 0.0267. The maximum atomic E-state index is 13.9. The van der Waals surface area contributed by atoms with E-state index in [4.69, 9.17) is 32.7 Å². The third-order valence-electron chi connectivity index (χ3n) is 8.43. The van der Waals surface area contributed by atoms with E-state index in [0.717, 1.165) is 24.1 Å². The number of benzene rings is 2. The van der Waals surface area contributed by atoms with Crippen LogP contribution in [-0.2, 0) is 31.0 Å². The van der Waals surface area contributed by atoms with Crippen molar-refractivity contribution in [2.75, 3.05) is 26.7 Å². The zero-order valence-corrected chi connectivity index (χ0v) is 26.1. The van der Waals surface area contributed by atoms with E-state index >= 15 is 0 Å². The van der Waals surface area contributed by atoms with Crippen molar-refractivity contribution in [2.24, 2.45) is 5.92 Å². The number of likely N-dealkylation sites (tertiary alicyclic amines) is 1. The molecular formula is C32H40Cl2N2O5. The molecule has 0 spiro atoms. The topological polar surface area (TPSA) is 76.2 Å². The van der Waals surface area contributed by atoms with E-state index in [1.807, 2.05) is 36.2 Å². The van der Waals surface area contributed by atoms with Gasteiger partial charge >= 0.3 is 11.9 Å². The Morgan fingerprint density at radius 2 is 1.80 bits per heavy atom. The number of hydrogen-bond donors (Lipinski definition) is 0. The highest BCUT2D eigenvalue weighted by molar-refractivity contribution is 6.42. The van der Waals surface area contributed by atoms with Gasteiger partial charge in [0.2, 0.25) is 5.91 Å². The van der Waals surface area contributed by atoms with Crippen LogP contribution in [0.5, 0.6) is 5.75 Å². The van der Waals surface area contributed by atoms with Gasteiger partial charge in [0.15, 0.2) is 0 Å². The molecule has 41 heavy (non-hydrogen) atoms. The molecule has 2 fully saturated rings. The Hall–Kier alpha value is -2.61. The number of carbonyl (C=O) groups excluding carboxylic acids is 3. The SMILES string of the molecule is CC(=O)Oc1cccc([C@@]23CCN(C)C[C@@]2(OC(C)=O)CC[C@H](N(CC(C)C)C(=O)Cc2ccc(Cl)c(Cl)c2)C3)c1. The van der Waals surface area contributed by atoms with Crippen molar-refractivity contribution >= 4 is 41.0 Å². The first kappa shape index (κ1) is 31.3. The summed E-state index contributed by atoms with van der Waals surface area (Å²) in [5.74, 6) is 0.0186. The van der Waals surface area contributed by atoms with Crippen LogP contribution in [-0.4, -0.2) is 66.0 Å². The van der Waals surface area contributed by atoms with E-state index in [-0.39, 0.29) is 30.3 Å². The van der Waals surface area contributed by atoms with Crippen molar-refractivity contribution in [3.05, 3.63) is 63.6 Å². The molecule has 9 heteroatoms. The van der Waals surface area contributed by atoms with Gasteiger partial charge in [-0.3, -0.25) is 14.4 Å². The third-order valence-corrected chi connectivity index (χ3v) is 9.17. The van der Waals surface area contributed by atoms with Crippen LogP contribution in [0.25, 0.3) is 0 Å². The molecule has 7 nitrogen and oxygen atoms in total. The first-order valence-electron chi connectivity index (χ1n) is 14.2. The van der Waals surface area contributed by atoms with E-state index < -0.39 is 17.0 Å². The average molecular weight is 604 g/mol. The van der Waals surface area contributed by atoms with Crippen LogP contribution in [0.4, 0.5) is 0 Å². The molecule has 0 unspecified atom stereocenters. The van der Waals surface area contributed by atoms with Crippen LogP contribution in [0, 0.1) is 5.92 Å². The first-order valence-corrected chi connectivity index (χ1v) is 15.0. The number of fused-ring (bicyclic) bond motifs is 1. The lowest BCUT2D eigenvalue weighted by atomic mass is 9.55. The number of esters is 2. The highest BCUT2D eigenvalue weighted by Gasteiger charge is 2.61. The normalized spacial score (nSPS) is 24.4. The second kappa shape index (κ2) is 12.7. The van der Waals surface area contributed by atoms with Crippen LogP contribution in [0.3, 0.4) is 0 Å². The highest BCUT2D eigenvalue weighted by atomic mass is 35.5. The summed E-state index contributed by atoms with van der Waals surface area (Å²) < 4.78 is 11.8. The van der Waals surface area contributed by atoms with Crippen LogP contribution >= 0.6 is 23.2 Å². The van der Waals surface area contributed by atoms with Gasteiger partial charge in [-0.2, -0.15) is 0 Å². The Labute approximate surface area is 253 Å². The van der Waals surface area contributed by atoms with Gasteiger partial charge in [-0.1, -0.05) is 55.2 Å². The highest BCUT2D eigenvalue weighted by Crippen LogP contribution is 2.54. The number of nitrogens with zero attached hydrogens (tertiary/aromatic N) is 2. The molecule has 1 amide bonds. The van der Waals surface area contributed by atoms with Crippen LogP contribution < -0.4 is 4.74 Å². The van der Waals surface area contributed by atoms with Crippen molar-refractivity contribution in [1.29, 1.82) is 0 Å². The molecule has 1 aliphatic carbocycles. The van der Waals surface area contributed by atoms with Gasteiger partial charge in [0.1, 0.15) is 11.4 Å². The van der Waals surface area contributed by atoms with Gasteiger partial charge in [0.25, 0.3) is 0 Å². The molecule has 3 atom stereocenters. The zero-order valence-electron chi connectivity index (χ0n) is 24.5. The minimum atomic E-state index is -0.784.